The second-order valence-electron chi connectivity index (χ2n) is 8.34. The molecule has 1 aliphatic carbocycles. The summed E-state index contributed by atoms with van der Waals surface area (Å²) in [6.07, 6.45) is 7.66. The average molecular weight is 487 g/mol. The Labute approximate surface area is 203 Å². The summed E-state index contributed by atoms with van der Waals surface area (Å²) in [5, 5.41) is 1.62. The topological polar surface area (TPSA) is 36.2 Å². The second-order valence-corrected chi connectivity index (χ2v) is 8.78. The van der Waals surface area contributed by atoms with Crippen LogP contribution in [-0.4, -0.2) is 9.13 Å². The Morgan fingerprint density at radius 1 is 1.03 bits per heavy atom. The third-order valence-electron chi connectivity index (χ3n) is 6.34. The average Bonchev–Trinajstić information content (AvgIpc) is 2.93. The van der Waals surface area contributed by atoms with Gasteiger partial charge >= 0.3 is 0 Å². The summed E-state index contributed by atoms with van der Waals surface area (Å²) in [6, 6.07) is 13.8. The van der Waals surface area contributed by atoms with Gasteiger partial charge in [-0.05, 0) is 61.6 Å². The minimum atomic E-state index is -0.430. The first-order valence-corrected chi connectivity index (χ1v) is 11.3. The van der Waals surface area contributed by atoms with Gasteiger partial charge in [0.15, 0.2) is 0 Å². The maximum atomic E-state index is 14.0. The molecule has 0 atom stereocenters. The van der Waals surface area contributed by atoms with Gasteiger partial charge in [-0.2, -0.15) is 0 Å². The zero-order valence-corrected chi connectivity index (χ0v) is 19.9. The minimum Gasteiger partial charge on any atom is -0.489 e. The molecule has 0 spiro atoms. The number of aryl methyl sites for hydroxylation is 2. The van der Waals surface area contributed by atoms with Crippen LogP contribution in [0.1, 0.15) is 36.1 Å². The molecule has 0 bridgehead atoms. The quantitative estimate of drug-likeness (QED) is 0.313. The van der Waals surface area contributed by atoms with Gasteiger partial charge in [-0.25, -0.2) is 4.39 Å². The Kier molecular flexibility index (Phi) is 6.82. The Balaban J connectivity index is 0.00000259. The summed E-state index contributed by atoms with van der Waals surface area (Å²) in [7, 11) is 2.12. The van der Waals surface area contributed by atoms with Crippen molar-refractivity contribution in [2.24, 2.45) is 7.05 Å². The highest BCUT2D eigenvalue weighted by Gasteiger charge is 2.17. The molecule has 0 amide bonds. The lowest BCUT2D eigenvalue weighted by molar-refractivity contribution is 0.299. The van der Waals surface area contributed by atoms with Gasteiger partial charge in [0.05, 0.1) is 11.2 Å². The van der Waals surface area contributed by atoms with Crippen molar-refractivity contribution in [3.63, 3.8) is 0 Å². The van der Waals surface area contributed by atoms with E-state index in [9.17, 15) is 9.18 Å². The molecule has 0 unspecified atom stereocenters. The van der Waals surface area contributed by atoms with Gasteiger partial charge in [-0.3, -0.25) is 9.36 Å². The standard InChI is InChI=1S/C26H24ClFN2O2.ClH/c1-29-24-6-4-2-3-5-21(24)22-10-9-19(14-25(22)29)30-12-11-20(15-26(30)31)32-16-17-7-8-18(27)13-23(17)28;/h7-15H,2-6,16H2,1H3;1H. The maximum absolute atomic E-state index is 14.0. The predicted octanol–water partition coefficient (Wildman–Crippen LogP) is 6.39. The van der Waals surface area contributed by atoms with Crippen molar-refractivity contribution in [3.8, 4) is 11.4 Å². The fraction of sp³-hybridized carbons (Fsp3) is 0.269. The molecule has 4 nitrogen and oxygen atoms in total. The normalized spacial score (nSPS) is 13.3. The Morgan fingerprint density at radius 2 is 1.85 bits per heavy atom. The van der Waals surface area contributed by atoms with Crippen LogP contribution >= 0.6 is 24.0 Å². The summed E-state index contributed by atoms with van der Waals surface area (Å²) >= 11 is 5.79. The van der Waals surface area contributed by atoms with Crippen LogP contribution in [-0.2, 0) is 26.5 Å². The number of hydrogen-bond acceptors (Lipinski definition) is 2. The zero-order valence-electron chi connectivity index (χ0n) is 18.3. The third-order valence-corrected chi connectivity index (χ3v) is 6.58. The number of fused-ring (bicyclic) bond motifs is 3. The predicted molar refractivity (Wildman–Crippen MR) is 133 cm³/mol. The van der Waals surface area contributed by atoms with Crippen LogP contribution in [0.3, 0.4) is 0 Å². The first kappa shape index (κ1) is 23.4. The molecular formula is C26H25Cl2FN2O2. The van der Waals surface area contributed by atoms with Crippen LogP contribution in [0.25, 0.3) is 16.6 Å². The summed E-state index contributed by atoms with van der Waals surface area (Å²) in [5.74, 6) is -0.0348. The van der Waals surface area contributed by atoms with Gasteiger partial charge in [0.2, 0.25) is 0 Å². The lowest BCUT2D eigenvalue weighted by atomic mass is 10.1. The van der Waals surface area contributed by atoms with Crippen LogP contribution in [0.2, 0.25) is 5.02 Å². The number of benzene rings is 2. The van der Waals surface area contributed by atoms with Crippen molar-refractivity contribution < 1.29 is 9.13 Å². The van der Waals surface area contributed by atoms with Crippen LogP contribution < -0.4 is 10.3 Å². The van der Waals surface area contributed by atoms with Crippen molar-refractivity contribution in [3.05, 3.63) is 92.7 Å². The summed E-state index contributed by atoms with van der Waals surface area (Å²) in [5.41, 5.74) is 5.02. The number of aromatic nitrogens is 2. The molecule has 0 aliphatic heterocycles. The largest absolute Gasteiger partial charge is 0.489 e. The molecule has 2 heterocycles. The van der Waals surface area contributed by atoms with Crippen molar-refractivity contribution in [2.45, 2.75) is 38.7 Å². The van der Waals surface area contributed by atoms with E-state index in [4.69, 9.17) is 16.3 Å². The van der Waals surface area contributed by atoms with Crippen molar-refractivity contribution in [1.82, 2.24) is 9.13 Å². The van der Waals surface area contributed by atoms with E-state index in [1.807, 2.05) is 6.07 Å². The molecule has 2 aromatic heterocycles. The van der Waals surface area contributed by atoms with Crippen LogP contribution in [0.5, 0.6) is 5.75 Å². The van der Waals surface area contributed by atoms with Gasteiger partial charge in [0.25, 0.3) is 5.56 Å². The molecule has 2 aromatic carbocycles. The molecule has 0 N–H and O–H groups in total. The molecule has 0 saturated heterocycles. The maximum Gasteiger partial charge on any atom is 0.258 e. The fourth-order valence-electron chi connectivity index (χ4n) is 4.64. The molecular weight excluding hydrogens is 462 g/mol. The fourth-order valence-corrected chi connectivity index (χ4v) is 4.80. The number of nitrogens with zero attached hydrogens (tertiary/aromatic N) is 2. The molecule has 1 aliphatic rings. The number of rotatable bonds is 4. The van der Waals surface area contributed by atoms with Crippen LogP contribution in [0.15, 0.2) is 59.5 Å². The number of hydrogen-bond donors (Lipinski definition) is 0. The molecule has 5 rings (SSSR count). The zero-order chi connectivity index (χ0) is 22.2. The van der Waals surface area contributed by atoms with Crippen molar-refractivity contribution in [1.29, 1.82) is 0 Å². The van der Waals surface area contributed by atoms with Gasteiger partial charge in [0.1, 0.15) is 18.2 Å². The molecule has 7 heteroatoms. The van der Waals surface area contributed by atoms with Gasteiger partial charge < -0.3 is 9.30 Å². The summed E-state index contributed by atoms with van der Waals surface area (Å²) < 4.78 is 23.5. The number of pyridine rings is 1. The first-order valence-electron chi connectivity index (χ1n) is 10.9. The summed E-state index contributed by atoms with van der Waals surface area (Å²) in [6.45, 7) is 0.0211. The monoisotopic (exact) mass is 486 g/mol. The van der Waals surface area contributed by atoms with Crippen LogP contribution in [0.4, 0.5) is 4.39 Å². The van der Waals surface area contributed by atoms with E-state index in [1.54, 1.807) is 29.0 Å². The third kappa shape index (κ3) is 4.53. The highest BCUT2D eigenvalue weighted by molar-refractivity contribution is 6.30. The van der Waals surface area contributed by atoms with Crippen molar-refractivity contribution >= 4 is 34.9 Å². The summed E-state index contributed by atoms with van der Waals surface area (Å²) in [4.78, 5) is 12.8. The van der Waals surface area contributed by atoms with Crippen molar-refractivity contribution in [2.75, 3.05) is 0 Å². The van der Waals surface area contributed by atoms with E-state index < -0.39 is 5.82 Å². The van der Waals surface area contributed by atoms with Crippen LogP contribution in [0, 0.1) is 5.82 Å². The number of ether oxygens (including phenoxy) is 1. The van der Waals surface area contributed by atoms with E-state index in [2.05, 4.69) is 23.7 Å². The smallest absolute Gasteiger partial charge is 0.258 e. The Bertz CT molecular complexity index is 1380. The first-order chi connectivity index (χ1) is 15.5. The SMILES string of the molecule is Cl.Cn1c2c(c3ccc(-n4ccc(OCc5ccc(Cl)cc5F)cc4=O)cc31)CCCCC2. The lowest BCUT2D eigenvalue weighted by Crippen LogP contribution is -2.16. The second kappa shape index (κ2) is 9.62. The molecule has 4 aromatic rings. The van der Waals surface area contributed by atoms with Gasteiger partial charge in [-0.1, -0.05) is 30.2 Å². The van der Waals surface area contributed by atoms with E-state index in [1.165, 1.54) is 48.0 Å². The van der Waals surface area contributed by atoms with E-state index in [-0.39, 0.29) is 24.6 Å². The highest BCUT2D eigenvalue weighted by Crippen LogP contribution is 2.32. The molecule has 33 heavy (non-hydrogen) atoms. The highest BCUT2D eigenvalue weighted by atomic mass is 35.5. The molecule has 172 valence electrons. The van der Waals surface area contributed by atoms with Gasteiger partial charge in [-0.15, -0.1) is 12.4 Å². The Hall–Kier alpha value is -2.76. The van der Waals surface area contributed by atoms with Gasteiger partial charge in [0, 0.05) is 41.0 Å². The lowest BCUT2D eigenvalue weighted by Gasteiger charge is -2.10. The molecule has 0 fully saturated rings. The van der Waals surface area contributed by atoms with E-state index >= 15 is 0 Å². The van der Waals surface area contributed by atoms with E-state index in [0.29, 0.717) is 16.3 Å². The minimum absolute atomic E-state index is 0. The van der Waals surface area contributed by atoms with E-state index in [0.717, 1.165) is 24.0 Å². The molecule has 0 radical (unpaired) electrons. The molecule has 0 saturated carbocycles. The number of halogens is 3. The Morgan fingerprint density at radius 3 is 2.64 bits per heavy atom.